The lowest BCUT2D eigenvalue weighted by molar-refractivity contribution is -0.0181. The van der Waals surface area contributed by atoms with Crippen molar-refractivity contribution < 1.29 is 4.74 Å². The number of thiophene rings is 1. The van der Waals surface area contributed by atoms with Crippen molar-refractivity contribution in [3.63, 3.8) is 0 Å². The third-order valence-corrected chi connectivity index (χ3v) is 6.32. The molecule has 5 heteroatoms. The van der Waals surface area contributed by atoms with Crippen molar-refractivity contribution in [1.82, 2.24) is 9.97 Å². The second kappa shape index (κ2) is 7.33. The Morgan fingerprint density at radius 1 is 1.23 bits per heavy atom. The lowest BCUT2D eigenvalue weighted by Gasteiger charge is -2.28. The molecule has 136 valence electrons. The van der Waals surface area contributed by atoms with Gasteiger partial charge in [-0.15, -0.1) is 11.3 Å². The zero-order valence-electron chi connectivity index (χ0n) is 15.2. The second-order valence-corrected chi connectivity index (χ2v) is 8.41. The van der Waals surface area contributed by atoms with Gasteiger partial charge in [0.2, 0.25) is 0 Å². The Kier molecular flexibility index (Phi) is 4.92. The number of H-pyrrole nitrogens is 1. The van der Waals surface area contributed by atoms with Crippen LogP contribution >= 0.6 is 11.3 Å². The SMILES string of the molecule is Cc1sc2nc(COC3CCCCC3C)[nH]c(=O)c2c1-c1ccccc1. The minimum atomic E-state index is -0.0755. The van der Waals surface area contributed by atoms with Gasteiger partial charge in [-0.25, -0.2) is 4.98 Å². The maximum absolute atomic E-state index is 12.8. The third-order valence-electron chi connectivity index (χ3n) is 5.32. The van der Waals surface area contributed by atoms with Gasteiger partial charge < -0.3 is 9.72 Å². The second-order valence-electron chi connectivity index (χ2n) is 7.20. The molecule has 26 heavy (non-hydrogen) atoms. The van der Waals surface area contributed by atoms with Crippen LogP contribution in [0.2, 0.25) is 0 Å². The van der Waals surface area contributed by atoms with Crippen LogP contribution in [0.5, 0.6) is 0 Å². The molecule has 1 N–H and O–H groups in total. The van der Waals surface area contributed by atoms with E-state index < -0.39 is 0 Å². The van der Waals surface area contributed by atoms with Gasteiger partial charge in [0, 0.05) is 10.4 Å². The molecule has 0 bridgehead atoms. The van der Waals surface area contributed by atoms with Gasteiger partial charge in [-0.1, -0.05) is 50.1 Å². The van der Waals surface area contributed by atoms with Gasteiger partial charge in [0.25, 0.3) is 5.56 Å². The van der Waals surface area contributed by atoms with Crippen molar-refractivity contribution in [3.8, 4) is 11.1 Å². The molecule has 0 radical (unpaired) electrons. The lowest BCUT2D eigenvalue weighted by Crippen LogP contribution is -2.26. The molecule has 2 unspecified atom stereocenters. The molecule has 1 aliphatic rings. The topological polar surface area (TPSA) is 55.0 Å². The first-order valence-electron chi connectivity index (χ1n) is 9.33. The van der Waals surface area contributed by atoms with Gasteiger partial charge in [-0.05, 0) is 31.2 Å². The van der Waals surface area contributed by atoms with E-state index in [0.717, 1.165) is 27.3 Å². The van der Waals surface area contributed by atoms with E-state index in [1.54, 1.807) is 11.3 Å². The zero-order valence-corrected chi connectivity index (χ0v) is 16.1. The van der Waals surface area contributed by atoms with Crippen molar-refractivity contribution in [3.05, 3.63) is 51.4 Å². The Labute approximate surface area is 157 Å². The first-order valence-corrected chi connectivity index (χ1v) is 10.1. The highest BCUT2D eigenvalue weighted by molar-refractivity contribution is 7.19. The minimum absolute atomic E-state index is 0.0755. The number of hydrogen-bond acceptors (Lipinski definition) is 4. The molecule has 1 aromatic carbocycles. The maximum Gasteiger partial charge on any atom is 0.260 e. The van der Waals surface area contributed by atoms with E-state index in [4.69, 9.17) is 9.72 Å². The quantitative estimate of drug-likeness (QED) is 0.701. The summed E-state index contributed by atoms with van der Waals surface area (Å²) in [6.07, 6.45) is 5.11. The minimum Gasteiger partial charge on any atom is -0.370 e. The number of nitrogens with zero attached hydrogens (tertiary/aromatic N) is 1. The van der Waals surface area contributed by atoms with E-state index in [-0.39, 0.29) is 11.7 Å². The van der Waals surface area contributed by atoms with Gasteiger partial charge in [0.15, 0.2) is 0 Å². The lowest BCUT2D eigenvalue weighted by atomic mass is 9.88. The molecule has 2 atom stereocenters. The molecule has 4 rings (SSSR count). The van der Waals surface area contributed by atoms with Crippen LogP contribution in [0.3, 0.4) is 0 Å². The molecule has 1 saturated carbocycles. The summed E-state index contributed by atoms with van der Waals surface area (Å²) in [7, 11) is 0. The number of aromatic amines is 1. The van der Waals surface area contributed by atoms with Crippen LogP contribution in [0.15, 0.2) is 35.1 Å². The van der Waals surface area contributed by atoms with E-state index >= 15 is 0 Å². The summed E-state index contributed by atoms with van der Waals surface area (Å²) in [5.41, 5.74) is 1.98. The summed E-state index contributed by atoms with van der Waals surface area (Å²) in [6.45, 7) is 4.67. The number of benzene rings is 1. The molecule has 0 aliphatic heterocycles. The normalized spacial score (nSPS) is 20.5. The number of nitrogens with one attached hydrogen (secondary N) is 1. The number of aromatic nitrogens is 2. The smallest absolute Gasteiger partial charge is 0.260 e. The molecule has 3 aromatic rings. The van der Waals surface area contributed by atoms with Crippen LogP contribution < -0.4 is 5.56 Å². The first kappa shape index (κ1) is 17.4. The van der Waals surface area contributed by atoms with E-state index in [1.165, 1.54) is 19.3 Å². The Hall–Kier alpha value is -1.98. The fraction of sp³-hybridized carbons (Fsp3) is 0.429. The van der Waals surface area contributed by atoms with Crippen molar-refractivity contribution in [2.24, 2.45) is 5.92 Å². The molecule has 0 amide bonds. The van der Waals surface area contributed by atoms with Gasteiger partial charge in [-0.3, -0.25) is 4.79 Å². The average molecular weight is 369 g/mol. The number of aryl methyl sites for hydroxylation is 1. The van der Waals surface area contributed by atoms with Gasteiger partial charge >= 0.3 is 0 Å². The molecule has 4 nitrogen and oxygen atoms in total. The number of ether oxygens (including phenoxy) is 1. The van der Waals surface area contributed by atoms with E-state index in [0.29, 0.717) is 23.7 Å². The predicted octanol–water partition coefficient (Wildman–Crippen LogP) is 5.06. The molecule has 1 aliphatic carbocycles. The largest absolute Gasteiger partial charge is 0.370 e. The molecule has 2 heterocycles. The summed E-state index contributed by atoms with van der Waals surface area (Å²) in [6, 6.07) is 10.0. The van der Waals surface area contributed by atoms with Crippen molar-refractivity contribution in [1.29, 1.82) is 0 Å². The van der Waals surface area contributed by atoms with Crippen LogP contribution in [-0.2, 0) is 11.3 Å². The van der Waals surface area contributed by atoms with Crippen LogP contribution in [0.25, 0.3) is 21.3 Å². The Balaban J connectivity index is 1.64. The number of fused-ring (bicyclic) bond motifs is 1. The molecule has 2 aromatic heterocycles. The number of rotatable bonds is 4. The van der Waals surface area contributed by atoms with Crippen LogP contribution in [0.1, 0.15) is 43.3 Å². The molecule has 0 saturated heterocycles. The maximum atomic E-state index is 12.8. The molecular weight excluding hydrogens is 344 g/mol. The highest BCUT2D eigenvalue weighted by Crippen LogP contribution is 2.35. The highest BCUT2D eigenvalue weighted by Gasteiger charge is 2.22. The van der Waals surface area contributed by atoms with Crippen molar-refractivity contribution in [2.45, 2.75) is 52.2 Å². The summed E-state index contributed by atoms with van der Waals surface area (Å²) in [5.74, 6) is 1.20. The molecule has 0 spiro atoms. The van der Waals surface area contributed by atoms with Crippen molar-refractivity contribution in [2.75, 3.05) is 0 Å². The van der Waals surface area contributed by atoms with E-state index in [9.17, 15) is 4.79 Å². The first-order chi connectivity index (χ1) is 12.6. The van der Waals surface area contributed by atoms with Crippen molar-refractivity contribution >= 4 is 21.6 Å². The number of hydrogen-bond donors (Lipinski definition) is 1. The third kappa shape index (κ3) is 3.33. The summed E-state index contributed by atoms with van der Waals surface area (Å²) in [5, 5.41) is 0.688. The zero-order chi connectivity index (χ0) is 18.1. The fourth-order valence-corrected chi connectivity index (χ4v) is 4.96. The molecular formula is C21H24N2O2S. The molecule has 1 fully saturated rings. The Morgan fingerprint density at radius 2 is 2.00 bits per heavy atom. The predicted molar refractivity (Wildman–Crippen MR) is 107 cm³/mol. The monoisotopic (exact) mass is 368 g/mol. The highest BCUT2D eigenvalue weighted by atomic mass is 32.1. The fourth-order valence-electron chi connectivity index (χ4n) is 3.90. The van der Waals surface area contributed by atoms with E-state index in [1.807, 2.05) is 37.3 Å². The standard InChI is InChI=1S/C21H24N2O2S/c1-13-8-6-7-11-16(13)25-12-17-22-20(24)19-18(14(2)26-21(19)23-17)15-9-4-3-5-10-15/h3-5,9-10,13,16H,6-8,11-12H2,1-2H3,(H,22,23,24). The van der Waals surface area contributed by atoms with Gasteiger partial charge in [0.1, 0.15) is 17.3 Å². The van der Waals surface area contributed by atoms with Gasteiger partial charge in [0.05, 0.1) is 11.5 Å². The average Bonchev–Trinajstić information content (AvgIpc) is 2.98. The van der Waals surface area contributed by atoms with E-state index in [2.05, 4.69) is 11.9 Å². The van der Waals surface area contributed by atoms with Gasteiger partial charge in [-0.2, -0.15) is 0 Å². The van der Waals surface area contributed by atoms with Crippen LogP contribution in [-0.4, -0.2) is 16.1 Å². The Bertz CT molecular complexity index is 961. The Morgan fingerprint density at radius 3 is 2.77 bits per heavy atom. The summed E-state index contributed by atoms with van der Waals surface area (Å²) >= 11 is 1.58. The summed E-state index contributed by atoms with van der Waals surface area (Å²) in [4.78, 5) is 22.3. The summed E-state index contributed by atoms with van der Waals surface area (Å²) < 4.78 is 6.08. The van der Waals surface area contributed by atoms with Crippen LogP contribution in [0.4, 0.5) is 0 Å². The van der Waals surface area contributed by atoms with Crippen LogP contribution in [0, 0.1) is 12.8 Å².